The van der Waals surface area contributed by atoms with E-state index in [0.717, 1.165) is 32.5 Å². The molecule has 1 aliphatic heterocycles. The Morgan fingerprint density at radius 3 is 2.76 bits per heavy atom. The molecule has 0 bridgehead atoms. The van der Waals surface area contributed by atoms with Crippen molar-refractivity contribution in [1.82, 2.24) is 5.32 Å². The number of nitrogens with zero attached hydrogens (tertiary/aromatic N) is 1. The molecule has 0 saturated carbocycles. The Labute approximate surface area is 128 Å². The molecular formula is C16H26N2O2S. The molecule has 0 spiro atoms. The lowest BCUT2D eigenvalue weighted by Gasteiger charge is -2.28. The summed E-state index contributed by atoms with van der Waals surface area (Å²) < 4.78 is 23.3. The van der Waals surface area contributed by atoms with Crippen LogP contribution in [0.3, 0.4) is 0 Å². The molecule has 0 unspecified atom stereocenters. The van der Waals surface area contributed by atoms with E-state index in [2.05, 4.69) is 48.3 Å². The van der Waals surface area contributed by atoms with Crippen molar-refractivity contribution in [2.75, 3.05) is 36.0 Å². The van der Waals surface area contributed by atoms with Gasteiger partial charge in [-0.05, 0) is 38.3 Å². The van der Waals surface area contributed by atoms with Gasteiger partial charge in [-0.25, -0.2) is 8.42 Å². The summed E-state index contributed by atoms with van der Waals surface area (Å²) in [5, 5.41) is 3.41. The van der Waals surface area contributed by atoms with E-state index < -0.39 is 9.84 Å². The van der Waals surface area contributed by atoms with Crippen molar-refractivity contribution in [2.24, 2.45) is 0 Å². The highest BCUT2D eigenvalue weighted by Crippen LogP contribution is 2.18. The molecule has 1 atom stereocenters. The first-order chi connectivity index (χ1) is 10.0. The number of hydrogen-bond donors (Lipinski definition) is 1. The fourth-order valence-electron chi connectivity index (χ4n) is 2.95. The molecule has 4 nitrogen and oxygen atoms in total. The summed E-state index contributed by atoms with van der Waals surface area (Å²) in [6, 6.07) is 8.51. The molecule has 1 aromatic carbocycles. The van der Waals surface area contributed by atoms with Crippen molar-refractivity contribution in [1.29, 1.82) is 0 Å². The minimum Gasteiger partial charge on any atom is -0.370 e. The standard InChI is InChI=1S/C16H26N2O2S/c1-3-18(16-9-5-4-7-14(16)2)11-10-17-15-8-6-12-21(19,20)13-15/h4-5,7,9,15,17H,3,6,8,10-13H2,1-2H3/t15-/m1/s1. The van der Waals surface area contributed by atoms with Crippen LogP contribution < -0.4 is 10.2 Å². The number of sulfone groups is 1. The van der Waals surface area contributed by atoms with E-state index >= 15 is 0 Å². The summed E-state index contributed by atoms with van der Waals surface area (Å²) in [4.78, 5) is 2.33. The number of rotatable bonds is 6. The molecule has 1 aliphatic rings. The summed E-state index contributed by atoms with van der Waals surface area (Å²) in [6.45, 7) is 6.95. The third-order valence-corrected chi connectivity index (χ3v) is 5.94. The highest BCUT2D eigenvalue weighted by molar-refractivity contribution is 7.91. The van der Waals surface area contributed by atoms with E-state index in [1.165, 1.54) is 11.3 Å². The van der Waals surface area contributed by atoms with Gasteiger partial charge in [0.15, 0.2) is 9.84 Å². The number of aryl methyl sites for hydroxylation is 1. The van der Waals surface area contributed by atoms with Gasteiger partial charge in [-0.2, -0.15) is 0 Å². The Bertz CT molecular complexity index is 557. The molecule has 2 rings (SSSR count). The average Bonchev–Trinajstić information content (AvgIpc) is 2.44. The van der Waals surface area contributed by atoms with Gasteiger partial charge >= 0.3 is 0 Å². The Hall–Kier alpha value is -1.07. The van der Waals surface area contributed by atoms with Crippen LogP contribution >= 0.6 is 0 Å². The molecular weight excluding hydrogens is 284 g/mol. The maximum absolute atomic E-state index is 11.6. The molecule has 118 valence electrons. The summed E-state index contributed by atoms with van der Waals surface area (Å²) in [5.41, 5.74) is 2.54. The number of hydrogen-bond acceptors (Lipinski definition) is 4. The van der Waals surface area contributed by atoms with Gasteiger partial charge < -0.3 is 10.2 Å². The van der Waals surface area contributed by atoms with Crippen molar-refractivity contribution in [3.8, 4) is 0 Å². The highest BCUT2D eigenvalue weighted by Gasteiger charge is 2.24. The average molecular weight is 310 g/mol. The molecule has 1 N–H and O–H groups in total. The number of anilines is 1. The van der Waals surface area contributed by atoms with Crippen LogP contribution in [0.5, 0.6) is 0 Å². The maximum atomic E-state index is 11.6. The number of likely N-dealkylation sites (N-methyl/N-ethyl adjacent to an activating group) is 1. The zero-order chi connectivity index (χ0) is 15.3. The summed E-state index contributed by atoms with van der Waals surface area (Å²) in [6.07, 6.45) is 1.75. The van der Waals surface area contributed by atoms with Crippen LogP contribution in [0.4, 0.5) is 5.69 Å². The summed E-state index contributed by atoms with van der Waals surface area (Å²) >= 11 is 0. The van der Waals surface area contributed by atoms with Crippen LogP contribution in [0.2, 0.25) is 0 Å². The van der Waals surface area contributed by atoms with Gasteiger partial charge in [0.25, 0.3) is 0 Å². The van der Waals surface area contributed by atoms with Gasteiger partial charge in [0.2, 0.25) is 0 Å². The second-order valence-electron chi connectivity index (χ2n) is 5.77. The van der Waals surface area contributed by atoms with E-state index in [0.29, 0.717) is 11.5 Å². The largest absolute Gasteiger partial charge is 0.370 e. The predicted molar refractivity (Wildman–Crippen MR) is 88.7 cm³/mol. The smallest absolute Gasteiger partial charge is 0.151 e. The topological polar surface area (TPSA) is 49.4 Å². The van der Waals surface area contributed by atoms with E-state index in [1.807, 2.05) is 0 Å². The molecule has 21 heavy (non-hydrogen) atoms. The van der Waals surface area contributed by atoms with Crippen LogP contribution in [0.25, 0.3) is 0 Å². The summed E-state index contributed by atoms with van der Waals surface area (Å²) in [7, 11) is -2.82. The fourth-order valence-corrected chi connectivity index (χ4v) is 4.63. The van der Waals surface area contributed by atoms with Gasteiger partial charge in [0.05, 0.1) is 11.5 Å². The molecule has 1 fully saturated rings. The van der Waals surface area contributed by atoms with Crippen LogP contribution in [0.1, 0.15) is 25.3 Å². The Morgan fingerprint density at radius 2 is 2.10 bits per heavy atom. The zero-order valence-corrected chi connectivity index (χ0v) is 13.8. The van der Waals surface area contributed by atoms with Gasteiger partial charge in [-0.3, -0.25) is 0 Å². The third-order valence-electron chi connectivity index (χ3n) is 4.12. The lowest BCUT2D eigenvalue weighted by molar-refractivity contribution is 0.482. The Balaban J connectivity index is 1.85. The molecule has 1 saturated heterocycles. The predicted octanol–water partition coefficient (Wildman–Crippen LogP) is 1.99. The van der Waals surface area contributed by atoms with E-state index in [-0.39, 0.29) is 6.04 Å². The maximum Gasteiger partial charge on any atom is 0.151 e. The SMILES string of the molecule is CCN(CCN[C@@H]1CCCS(=O)(=O)C1)c1ccccc1C. The molecule has 0 aliphatic carbocycles. The second kappa shape index (κ2) is 7.27. The monoisotopic (exact) mass is 310 g/mol. The van der Waals surface area contributed by atoms with Crippen molar-refractivity contribution in [3.63, 3.8) is 0 Å². The van der Waals surface area contributed by atoms with Crippen LogP contribution in [-0.4, -0.2) is 45.6 Å². The lowest BCUT2D eigenvalue weighted by atomic mass is 10.1. The van der Waals surface area contributed by atoms with Gasteiger partial charge in [-0.1, -0.05) is 18.2 Å². The molecule has 0 amide bonds. The van der Waals surface area contributed by atoms with E-state index in [1.54, 1.807) is 0 Å². The molecule has 5 heteroatoms. The Morgan fingerprint density at radius 1 is 1.33 bits per heavy atom. The molecule has 1 heterocycles. The first kappa shape index (κ1) is 16.3. The van der Waals surface area contributed by atoms with E-state index in [9.17, 15) is 8.42 Å². The highest BCUT2D eigenvalue weighted by atomic mass is 32.2. The summed E-state index contributed by atoms with van der Waals surface area (Å²) in [5.74, 6) is 0.652. The fraction of sp³-hybridized carbons (Fsp3) is 0.625. The Kier molecular flexibility index (Phi) is 5.65. The minimum atomic E-state index is -2.82. The number of benzene rings is 1. The van der Waals surface area contributed by atoms with Crippen molar-refractivity contribution in [3.05, 3.63) is 29.8 Å². The van der Waals surface area contributed by atoms with Crippen molar-refractivity contribution in [2.45, 2.75) is 32.7 Å². The van der Waals surface area contributed by atoms with Gasteiger partial charge in [-0.15, -0.1) is 0 Å². The van der Waals surface area contributed by atoms with Gasteiger partial charge in [0, 0.05) is 31.4 Å². The minimum absolute atomic E-state index is 0.124. The van der Waals surface area contributed by atoms with Gasteiger partial charge in [0.1, 0.15) is 0 Å². The molecule has 0 radical (unpaired) electrons. The quantitative estimate of drug-likeness (QED) is 0.873. The van der Waals surface area contributed by atoms with Crippen molar-refractivity contribution < 1.29 is 8.42 Å². The number of para-hydroxylation sites is 1. The first-order valence-corrected chi connectivity index (χ1v) is 9.58. The van der Waals surface area contributed by atoms with Crippen molar-refractivity contribution >= 4 is 15.5 Å². The van der Waals surface area contributed by atoms with E-state index in [4.69, 9.17) is 0 Å². The van der Waals surface area contributed by atoms with Crippen LogP contribution in [0, 0.1) is 6.92 Å². The molecule has 0 aromatic heterocycles. The first-order valence-electron chi connectivity index (χ1n) is 7.76. The third kappa shape index (κ3) is 4.71. The number of nitrogens with one attached hydrogen (secondary N) is 1. The zero-order valence-electron chi connectivity index (χ0n) is 13.0. The normalized spacial score (nSPS) is 21.1. The van der Waals surface area contributed by atoms with Crippen LogP contribution in [0.15, 0.2) is 24.3 Å². The molecule has 1 aromatic rings. The second-order valence-corrected chi connectivity index (χ2v) is 8.00. The van der Waals surface area contributed by atoms with Crippen LogP contribution in [-0.2, 0) is 9.84 Å². The lowest BCUT2D eigenvalue weighted by Crippen LogP contribution is -2.43.